The minimum atomic E-state index is -0.669. The third kappa shape index (κ3) is 2.93. The number of hydrogen-bond acceptors (Lipinski definition) is 4. The highest BCUT2D eigenvalue weighted by Gasteiger charge is 2.35. The van der Waals surface area contributed by atoms with Crippen molar-refractivity contribution in [2.75, 3.05) is 19.8 Å². The zero-order valence-electron chi connectivity index (χ0n) is 14.3. The van der Waals surface area contributed by atoms with Gasteiger partial charge in [-0.05, 0) is 29.2 Å². The van der Waals surface area contributed by atoms with Gasteiger partial charge in [-0.3, -0.25) is 0 Å². The maximum Gasteiger partial charge on any atom is 0.0633 e. The molecule has 0 saturated heterocycles. The van der Waals surface area contributed by atoms with Crippen LogP contribution in [0.5, 0.6) is 0 Å². The highest BCUT2D eigenvalue weighted by molar-refractivity contribution is 8.04. The molecule has 2 unspecified atom stereocenters. The number of aliphatic hydroxyl groups excluding tert-OH is 2. The van der Waals surface area contributed by atoms with Gasteiger partial charge < -0.3 is 15.5 Å². The third-order valence-corrected chi connectivity index (χ3v) is 6.57. The van der Waals surface area contributed by atoms with Gasteiger partial charge in [-0.25, -0.2) is 0 Å². The Hall–Kier alpha value is -1.59. The summed E-state index contributed by atoms with van der Waals surface area (Å²) in [4.78, 5) is 1.39. The van der Waals surface area contributed by atoms with Gasteiger partial charge >= 0.3 is 0 Å². The lowest BCUT2D eigenvalue weighted by molar-refractivity contribution is 0.106. The molecule has 1 aliphatic heterocycles. The first-order valence-corrected chi connectivity index (χ1v) is 9.55. The number of aliphatic hydroxyl groups is 2. The standard InChI is InChI=1S/C21H23NO2S/c1-21(12-23,13-24)22-11-14-10-18-16-7-4-5-9-19(16)25-20(18)17-8-3-2-6-15(14)17/h2-10,15,19,22-24H,11-13H2,1H3. The van der Waals surface area contributed by atoms with Gasteiger partial charge in [0.25, 0.3) is 0 Å². The van der Waals surface area contributed by atoms with Gasteiger partial charge in [0.2, 0.25) is 0 Å². The lowest BCUT2D eigenvalue weighted by atomic mass is 9.80. The summed E-state index contributed by atoms with van der Waals surface area (Å²) in [5, 5.41) is 22.8. The number of hydrogen-bond donors (Lipinski definition) is 3. The summed E-state index contributed by atoms with van der Waals surface area (Å²) < 4.78 is 0. The Balaban J connectivity index is 1.70. The Morgan fingerprint density at radius 1 is 1.04 bits per heavy atom. The van der Waals surface area contributed by atoms with Crippen LogP contribution in [0.2, 0.25) is 0 Å². The Bertz CT molecular complexity index is 791. The summed E-state index contributed by atoms with van der Waals surface area (Å²) >= 11 is 1.94. The van der Waals surface area contributed by atoms with Crippen molar-refractivity contribution in [3.8, 4) is 0 Å². The average Bonchev–Trinajstić information content (AvgIpc) is 3.05. The zero-order chi connectivity index (χ0) is 17.4. The van der Waals surface area contributed by atoms with Crippen LogP contribution in [-0.2, 0) is 0 Å². The van der Waals surface area contributed by atoms with E-state index in [9.17, 15) is 10.2 Å². The fraction of sp³-hybridized carbons (Fsp3) is 0.333. The van der Waals surface area contributed by atoms with Gasteiger partial charge in [-0.2, -0.15) is 0 Å². The Morgan fingerprint density at radius 2 is 1.76 bits per heavy atom. The summed E-state index contributed by atoms with van der Waals surface area (Å²) in [7, 11) is 0. The van der Waals surface area contributed by atoms with Gasteiger partial charge in [-0.15, -0.1) is 11.8 Å². The molecule has 2 atom stereocenters. The second-order valence-corrected chi connectivity index (χ2v) is 8.26. The predicted molar refractivity (Wildman–Crippen MR) is 104 cm³/mol. The first kappa shape index (κ1) is 16.9. The van der Waals surface area contributed by atoms with Crippen molar-refractivity contribution in [3.63, 3.8) is 0 Å². The van der Waals surface area contributed by atoms with E-state index < -0.39 is 5.54 Å². The molecule has 4 heteroatoms. The van der Waals surface area contributed by atoms with Crippen molar-refractivity contribution in [1.29, 1.82) is 0 Å². The normalized spacial score (nSPS) is 26.8. The molecule has 3 nitrogen and oxygen atoms in total. The number of allylic oxidation sites excluding steroid dienone is 10. The average molecular weight is 353 g/mol. The SMILES string of the molecule is CC(CO)(CO)NCC1=CC2=C3C=CC=CC3SC2=C2C=CC=CC12. The molecule has 0 radical (unpaired) electrons. The van der Waals surface area contributed by atoms with Gasteiger partial charge in [-0.1, -0.05) is 54.7 Å². The quantitative estimate of drug-likeness (QED) is 0.711. The minimum absolute atomic E-state index is 0.0927. The molecule has 0 fully saturated rings. The van der Waals surface area contributed by atoms with Crippen LogP contribution in [0.4, 0.5) is 0 Å². The van der Waals surface area contributed by atoms with Gasteiger partial charge in [0, 0.05) is 17.4 Å². The molecule has 1 heterocycles. The van der Waals surface area contributed by atoms with Crippen LogP contribution in [0, 0.1) is 5.92 Å². The summed E-state index contributed by atoms with van der Waals surface area (Å²) in [6.07, 6.45) is 19.7. The van der Waals surface area contributed by atoms with Gasteiger partial charge in [0.1, 0.15) is 0 Å². The molecule has 0 aromatic carbocycles. The molecular weight excluding hydrogens is 330 g/mol. The second kappa shape index (κ2) is 6.61. The minimum Gasteiger partial charge on any atom is -0.394 e. The molecule has 3 N–H and O–H groups in total. The fourth-order valence-corrected chi connectivity index (χ4v) is 4.95. The molecule has 0 spiro atoms. The van der Waals surface area contributed by atoms with Crippen LogP contribution in [0.25, 0.3) is 0 Å². The number of thioether (sulfide) groups is 1. The van der Waals surface area contributed by atoms with E-state index in [0.29, 0.717) is 11.8 Å². The van der Waals surface area contributed by atoms with E-state index in [-0.39, 0.29) is 19.1 Å². The molecule has 4 rings (SSSR count). The maximum absolute atomic E-state index is 9.55. The maximum atomic E-state index is 9.55. The number of fused-ring (bicyclic) bond motifs is 3. The van der Waals surface area contributed by atoms with Crippen LogP contribution >= 0.6 is 11.8 Å². The van der Waals surface area contributed by atoms with E-state index in [1.165, 1.54) is 27.2 Å². The van der Waals surface area contributed by atoms with Crippen molar-refractivity contribution in [2.45, 2.75) is 17.7 Å². The molecule has 0 saturated carbocycles. The topological polar surface area (TPSA) is 52.5 Å². The number of nitrogens with one attached hydrogen (secondary N) is 1. The van der Waals surface area contributed by atoms with E-state index in [1.54, 1.807) is 0 Å². The van der Waals surface area contributed by atoms with Crippen molar-refractivity contribution < 1.29 is 10.2 Å². The third-order valence-electron chi connectivity index (χ3n) is 5.21. The van der Waals surface area contributed by atoms with Crippen molar-refractivity contribution in [3.05, 3.63) is 81.9 Å². The Kier molecular flexibility index (Phi) is 4.46. The van der Waals surface area contributed by atoms with Crippen LogP contribution in [0.1, 0.15) is 6.92 Å². The second-order valence-electron chi connectivity index (χ2n) is 7.11. The number of rotatable bonds is 5. The highest BCUT2D eigenvalue weighted by atomic mass is 32.2. The van der Waals surface area contributed by atoms with Crippen molar-refractivity contribution in [1.82, 2.24) is 5.32 Å². The lowest BCUT2D eigenvalue weighted by Crippen LogP contribution is -2.50. The molecule has 4 aliphatic rings. The highest BCUT2D eigenvalue weighted by Crippen LogP contribution is 2.52. The zero-order valence-corrected chi connectivity index (χ0v) is 15.1. The largest absolute Gasteiger partial charge is 0.394 e. The van der Waals surface area contributed by atoms with Crippen LogP contribution in [0.3, 0.4) is 0 Å². The molecular formula is C21H23NO2S. The van der Waals surface area contributed by atoms with E-state index >= 15 is 0 Å². The van der Waals surface area contributed by atoms with E-state index in [1.807, 2.05) is 18.7 Å². The summed E-state index contributed by atoms with van der Waals surface area (Å²) in [5.74, 6) is 0.263. The predicted octanol–water partition coefficient (Wildman–Crippen LogP) is 2.79. The molecule has 0 bridgehead atoms. The van der Waals surface area contributed by atoms with E-state index in [0.717, 1.165) is 0 Å². The molecule has 0 amide bonds. The monoisotopic (exact) mass is 353 g/mol. The van der Waals surface area contributed by atoms with Crippen LogP contribution in [0.15, 0.2) is 81.9 Å². The Labute approximate surface area is 152 Å². The molecule has 0 aromatic rings. The molecule has 0 aromatic heterocycles. The smallest absolute Gasteiger partial charge is 0.0633 e. The summed E-state index contributed by atoms with van der Waals surface area (Å²) in [5.41, 5.74) is 4.67. The van der Waals surface area contributed by atoms with E-state index in [4.69, 9.17) is 0 Å². The first-order valence-electron chi connectivity index (χ1n) is 8.67. The first-order chi connectivity index (χ1) is 12.1. The summed E-state index contributed by atoms with van der Waals surface area (Å²) in [6, 6.07) is 0. The lowest BCUT2D eigenvalue weighted by Gasteiger charge is -2.32. The van der Waals surface area contributed by atoms with Crippen LogP contribution in [-0.4, -0.2) is 40.8 Å². The molecule has 25 heavy (non-hydrogen) atoms. The van der Waals surface area contributed by atoms with Crippen LogP contribution < -0.4 is 5.32 Å². The fourth-order valence-electron chi connectivity index (χ4n) is 3.56. The van der Waals surface area contributed by atoms with E-state index in [2.05, 4.69) is 60.0 Å². The van der Waals surface area contributed by atoms with Gasteiger partial charge in [0.05, 0.1) is 24.0 Å². The van der Waals surface area contributed by atoms with Crippen molar-refractivity contribution in [2.24, 2.45) is 5.92 Å². The molecule has 130 valence electrons. The van der Waals surface area contributed by atoms with Gasteiger partial charge in [0.15, 0.2) is 0 Å². The Morgan fingerprint density at radius 3 is 2.52 bits per heavy atom. The summed E-state index contributed by atoms with van der Waals surface area (Å²) in [6.45, 7) is 2.30. The molecule has 3 aliphatic carbocycles. The van der Waals surface area contributed by atoms with Crippen molar-refractivity contribution >= 4 is 11.8 Å².